The van der Waals surface area contributed by atoms with E-state index in [0.717, 1.165) is 12.0 Å². The molecule has 112 valence electrons. The van der Waals surface area contributed by atoms with Crippen LogP contribution in [0.4, 0.5) is 0 Å². The van der Waals surface area contributed by atoms with Gasteiger partial charge >= 0.3 is 0 Å². The van der Waals surface area contributed by atoms with Gasteiger partial charge in [0, 0.05) is 32.0 Å². The molecule has 5 nitrogen and oxygen atoms in total. The molecule has 0 aliphatic carbocycles. The van der Waals surface area contributed by atoms with Crippen molar-refractivity contribution in [1.29, 1.82) is 0 Å². The molecule has 0 radical (unpaired) electrons. The van der Waals surface area contributed by atoms with E-state index in [0.29, 0.717) is 31.1 Å². The summed E-state index contributed by atoms with van der Waals surface area (Å²) in [7, 11) is 1.80. The van der Waals surface area contributed by atoms with Crippen molar-refractivity contribution in [3.8, 4) is 11.5 Å². The number of carbonyl (C=O) groups excluding carboxylic acids is 1. The Labute approximate surface area is 125 Å². The van der Waals surface area contributed by atoms with Gasteiger partial charge in [-0.15, -0.1) is 0 Å². The number of carbonyl (C=O) groups is 1. The summed E-state index contributed by atoms with van der Waals surface area (Å²) < 4.78 is 5.27. The molecule has 1 heterocycles. The second-order valence-corrected chi connectivity index (χ2v) is 5.20. The molecule has 0 spiro atoms. The summed E-state index contributed by atoms with van der Waals surface area (Å²) in [6, 6.07) is 7.94. The van der Waals surface area contributed by atoms with Gasteiger partial charge in [0.05, 0.1) is 0 Å². The quantitative estimate of drug-likeness (QED) is 0.819. The van der Waals surface area contributed by atoms with E-state index in [4.69, 9.17) is 4.52 Å². The lowest BCUT2D eigenvalue weighted by atomic mass is 10.1. The van der Waals surface area contributed by atoms with Crippen molar-refractivity contribution in [2.75, 3.05) is 13.6 Å². The summed E-state index contributed by atoms with van der Waals surface area (Å²) in [5.41, 5.74) is 2.10. The van der Waals surface area contributed by atoms with Gasteiger partial charge in [0.1, 0.15) is 0 Å². The summed E-state index contributed by atoms with van der Waals surface area (Å²) in [4.78, 5) is 17.8. The molecular weight excluding hydrogens is 266 g/mol. The van der Waals surface area contributed by atoms with Crippen LogP contribution in [0.2, 0.25) is 0 Å². The lowest BCUT2D eigenvalue weighted by Crippen LogP contribution is -2.28. The molecule has 0 saturated carbocycles. The van der Waals surface area contributed by atoms with E-state index in [1.165, 1.54) is 5.56 Å². The minimum atomic E-state index is 0.153. The Balaban J connectivity index is 1.94. The molecule has 5 heteroatoms. The highest BCUT2D eigenvalue weighted by Gasteiger charge is 2.11. The largest absolute Gasteiger partial charge is 0.345 e. The van der Waals surface area contributed by atoms with Crippen LogP contribution < -0.4 is 0 Å². The summed E-state index contributed by atoms with van der Waals surface area (Å²) in [6.45, 7) is 4.64. The highest BCUT2D eigenvalue weighted by atomic mass is 16.5. The molecule has 1 aromatic carbocycles. The Morgan fingerprint density at radius 2 is 2.00 bits per heavy atom. The Hall–Kier alpha value is -2.17. The molecule has 1 aromatic heterocycles. The molecule has 0 saturated heterocycles. The first kappa shape index (κ1) is 15.2. The summed E-state index contributed by atoms with van der Waals surface area (Å²) in [5, 5.41) is 3.97. The molecule has 21 heavy (non-hydrogen) atoms. The number of benzene rings is 1. The van der Waals surface area contributed by atoms with E-state index in [1.807, 2.05) is 38.1 Å². The summed E-state index contributed by atoms with van der Waals surface area (Å²) in [6.07, 6.45) is 2.04. The van der Waals surface area contributed by atoms with Crippen LogP contribution in [0.5, 0.6) is 0 Å². The molecule has 0 aliphatic heterocycles. The van der Waals surface area contributed by atoms with Crippen LogP contribution in [-0.4, -0.2) is 34.5 Å². The summed E-state index contributed by atoms with van der Waals surface area (Å²) in [5.74, 6) is 1.30. The zero-order valence-electron chi connectivity index (χ0n) is 12.8. The zero-order chi connectivity index (χ0) is 15.2. The lowest BCUT2D eigenvalue weighted by molar-refractivity contribution is -0.129. The molecule has 1 amide bonds. The number of likely N-dealkylation sites (N-methyl/N-ethyl adjacent to an activating group) is 1. The van der Waals surface area contributed by atoms with E-state index in [1.54, 1.807) is 11.9 Å². The van der Waals surface area contributed by atoms with Crippen molar-refractivity contribution in [2.45, 2.75) is 33.1 Å². The van der Waals surface area contributed by atoms with Gasteiger partial charge in [-0.2, -0.15) is 4.98 Å². The Morgan fingerprint density at radius 3 is 2.67 bits per heavy atom. The van der Waals surface area contributed by atoms with Crippen LogP contribution in [0.3, 0.4) is 0 Å². The van der Waals surface area contributed by atoms with E-state index in [-0.39, 0.29) is 5.91 Å². The van der Waals surface area contributed by atoms with Gasteiger partial charge < -0.3 is 9.42 Å². The molecular formula is C16H21N3O2. The highest BCUT2D eigenvalue weighted by Crippen LogP contribution is 2.17. The number of nitrogens with zero attached hydrogens (tertiary/aromatic N) is 3. The Kier molecular flexibility index (Phi) is 5.09. The minimum absolute atomic E-state index is 0.153. The zero-order valence-corrected chi connectivity index (χ0v) is 12.8. The van der Waals surface area contributed by atoms with Gasteiger partial charge in [0.15, 0.2) is 5.82 Å². The normalized spacial score (nSPS) is 10.6. The van der Waals surface area contributed by atoms with E-state index >= 15 is 0 Å². The maximum absolute atomic E-state index is 11.7. The third kappa shape index (κ3) is 4.15. The molecule has 2 rings (SSSR count). The van der Waals surface area contributed by atoms with Crippen LogP contribution in [0.1, 0.15) is 31.2 Å². The molecule has 0 atom stereocenters. The van der Waals surface area contributed by atoms with Crippen molar-refractivity contribution >= 4 is 5.91 Å². The predicted molar refractivity (Wildman–Crippen MR) is 80.7 cm³/mol. The number of hydrogen-bond donors (Lipinski definition) is 0. The highest BCUT2D eigenvalue weighted by molar-refractivity contribution is 5.75. The van der Waals surface area contributed by atoms with Crippen LogP contribution in [0, 0.1) is 6.92 Å². The number of aromatic nitrogens is 2. The number of rotatable bonds is 6. The summed E-state index contributed by atoms with van der Waals surface area (Å²) >= 11 is 0. The molecule has 0 aliphatic rings. The average molecular weight is 287 g/mol. The minimum Gasteiger partial charge on any atom is -0.345 e. The van der Waals surface area contributed by atoms with Crippen molar-refractivity contribution in [3.63, 3.8) is 0 Å². The second-order valence-electron chi connectivity index (χ2n) is 5.20. The second kappa shape index (κ2) is 7.02. The number of amides is 1. The molecule has 2 aromatic rings. The topological polar surface area (TPSA) is 59.2 Å². The third-order valence-corrected chi connectivity index (χ3v) is 3.33. The molecule has 0 fully saturated rings. The van der Waals surface area contributed by atoms with Gasteiger partial charge in [-0.1, -0.05) is 29.8 Å². The average Bonchev–Trinajstić information content (AvgIpc) is 2.94. The SMILES string of the molecule is CCCC(=O)N(C)CCc1noc(-c2ccc(C)cc2)n1. The van der Waals surface area contributed by atoms with E-state index in [2.05, 4.69) is 10.1 Å². The van der Waals surface area contributed by atoms with Crippen LogP contribution in [0.15, 0.2) is 28.8 Å². The third-order valence-electron chi connectivity index (χ3n) is 3.33. The van der Waals surface area contributed by atoms with Gasteiger partial charge in [0.2, 0.25) is 5.91 Å². The van der Waals surface area contributed by atoms with Gasteiger partial charge in [-0.05, 0) is 25.5 Å². The lowest BCUT2D eigenvalue weighted by Gasteiger charge is -2.15. The van der Waals surface area contributed by atoms with Gasteiger partial charge in [-0.25, -0.2) is 0 Å². The van der Waals surface area contributed by atoms with E-state index < -0.39 is 0 Å². The number of aryl methyl sites for hydroxylation is 1. The van der Waals surface area contributed by atoms with Crippen LogP contribution >= 0.6 is 0 Å². The van der Waals surface area contributed by atoms with E-state index in [9.17, 15) is 4.79 Å². The van der Waals surface area contributed by atoms with Gasteiger partial charge in [0.25, 0.3) is 5.89 Å². The molecule has 0 bridgehead atoms. The standard InChI is InChI=1S/C16H21N3O2/c1-4-5-15(20)19(3)11-10-14-17-16(21-18-14)13-8-6-12(2)7-9-13/h6-9H,4-5,10-11H2,1-3H3. The molecule has 0 unspecified atom stereocenters. The smallest absolute Gasteiger partial charge is 0.257 e. The van der Waals surface area contributed by atoms with Crippen molar-refractivity contribution in [3.05, 3.63) is 35.7 Å². The fourth-order valence-corrected chi connectivity index (χ4v) is 1.97. The number of hydrogen-bond acceptors (Lipinski definition) is 4. The van der Waals surface area contributed by atoms with Crippen LogP contribution in [0.25, 0.3) is 11.5 Å². The first-order valence-corrected chi connectivity index (χ1v) is 7.23. The fraction of sp³-hybridized carbons (Fsp3) is 0.438. The van der Waals surface area contributed by atoms with Crippen molar-refractivity contribution < 1.29 is 9.32 Å². The molecule has 0 N–H and O–H groups in total. The van der Waals surface area contributed by atoms with Gasteiger partial charge in [-0.3, -0.25) is 4.79 Å². The first-order valence-electron chi connectivity index (χ1n) is 7.23. The van der Waals surface area contributed by atoms with Crippen LogP contribution in [-0.2, 0) is 11.2 Å². The Morgan fingerprint density at radius 1 is 1.29 bits per heavy atom. The predicted octanol–water partition coefficient (Wildman–Crippen LogP) is 2.85. The maximum Gasteiger partial charge on any atom is 0.257 e. The van der Waals surface area contributed by atoms with Crippen molar-refractivity contribution in [2.24, 2.45) is 0 Å². The maximum atomic E-state index is 11.7. The first-order chi connectivity index (χ1) is 10.1. The monoisotopic (exact) mass is 287 g/mol. The van der Waals surface area contributed by atoms with Crippen molar-refractivity contribution in [1.82, 2.24) is 15.0 Å². The fourth-order valence-electron chi connectivity index (χ4n) is 1.97. The Bertz CT molecular complexity index is 590.